The van der Waals surface area contributed by atoms with Crippen LogP contribution in [0.5, 0.6) is 5.75 Å². The number of pyridine rings is 1. The first kappa shape index (κ1) is 24.1. The monoisotopic (exact) mass is 515 g/mol. The smallest absolute Gasteiger partial charge is 0.245 e. The average Bonchev–Trinajstić information content (AvgIpc) is 3.51. The zero-order chi connectivity index (χ0) is 26.8. The molecule has 0 bridgehead atoms. The predicted octanol–water partition coefficient (Wildman–Crippen LogP) is 4.82. The standard InChI is InChI=1S/C29H27F2N5O2/c1-4-25(38)36-15-29(16-36)8-10-35(14-29)28-17(2)26(21-12-19(37)13-22(30)27(21)31)20-6-5-18(11-23(20)33-28)24-7-9-32-34(24)3/h4-7,9,11-13,37H,1,8,10,14-16H2,2-3H3. The molecule has 0 aliphatic carbocycles. The molecule has 6 rings (SSSR count). The molecule has 2 aliphatic rings. The first-order valence-corrected chi connectivity index (χ1v) is 12.5. The van der Waals surface area contributed by atoms with E-state index in [9.17, 15) is 14.3 Å². The highest BCUT2D eigenvalue weighted by Crippen LogP contribution is 2.45. The molecule has 0 radical (unpaired) electrons. The summed E-state index contributed by atoms with van der Waals surface area (Å²) >= 11 is 0. The number of benzene rings is 2. The number of phenols is 1. The van der Waals surface area contributed by atoms with Crippen LogP contribution in [0.25, 0.3) is 33.3 Å². The number of anilines is 1. The van der Waals surface area contributed by atoms with Crippen LogP contribution in [0.15, 0.2) is 55.3 Å². The number of halogens is 2. The lowest BCUT2D eigenvalue weighted by molar-refractivity contribution is -0.136. The molecule has 2 aliphatic heterocycles. The molecule has 4 aromatic rings. The van der Waals surface area contributed by atoms with Crippen molar-refractivity contribution in [2.45, 2.75) is 13.3 Å². The Morgan fingerprint density at radius 2 is 1.95 bits per heavy atom. The van der Waals surface area contributed by atoms with E-state index in [2.05, 4.69) is 16.6 Å². The third kappa shape index (κ3) is 3.72. The van der Waals surface area contributed by atoms with Gasteiger partial charge in [0.2, 0.25) is 5.91 Å². The Kier molecular flexibility index (Phi) is 5.48. The summed E-state index contributed by atoms with van der Waals surface area (Å²) in [5, 5.41) is 15.0. The largest absolute Gasteiger partial charge is 0.508 e. The normalized spacial score (nSPS) is 16.3. The Morgan fingerprint density at radius 1 is 1.16 bits per heavy atom. The number of phenolic OH excluding ortho intramolecular Hbond substituents is 1. The highest BCUT2D eigenvalue weighted by Gasteiger charge is 2.49. The Bertz CT molecular complexity index is 1620. The van der Waals surface area contributed by atoms with Crippen LogP contribution in [0.4, 0.5) is 14.6 Å². The summed E-state index contributed by atoms with van der Waals surface area (Å²) in [5.41, 5.74) is 3.57. The van der Waals surface area contributed by atoms with Crippen molar-refractivity contribution in [1.29, 1.82) is 0 Å². The van der Waals surface area contributed by atoms with Crippen LogP contribution in [-0.2, 0) is 11.8 Å². The fourth-order valence-electron chi connectivity index (χ4n) is 6.00. The van der Waals surface area contributed by atoms with Gasteiger partial charge in [0.05, 0.1) is 11.2 Å². The fourth-order valence-corrected chi connectivity index (χ4v) is 6.00. The number of fused-ring (bicyclic) bond motifs is 1. The summed E-state index contributed by atoms with van der Waals surface area (Å²) in [6.45, 7) is 8.18. The van der Waals surface area contributed by atoms with Crippen LogP contribution in [-0.4, -0.2) is 56.9 Å². The zero-order valence-corrected chi connectivity index (χ0v) is 21.2. The zero-order valence-electron chi connectivity index (χ0n) is 21.2. The van der Waals surface area contributed by atoms with Crippen molar-refractivity contribution < 1.29 is 18.7 Å². The summed E-state index contributed by atoms with van der Waals surface area (Å²) < 4.78 is 31.4. The molecule has 2 aromatic heterocycles. The number of carbonyl (C=O) groups is 1. The lowest BCUT2D eigenvalue weighted by Crippen LogP contribution is -2.59. The van der Waals surface area contributed by atoms with Crippen LogP contribution in [0.1, 0.15) is 12.0 Å². The number of carbonyl (C=O) groups excluding carboxylic acids is 1. The average molecular weight is 516 g/mol. The molecule has 7 nitrogen and oxygen atoms in total. The van der Waals surface area contributed by atoms with Crippen molar-refractivity contribution in [3.8, 4) is 28.1 Å². The van der Waals surface area contributed by atoms with Crippen molar-refractivity contribution >= 4 is 22.6 Å². The highest BCUT2D eigenvalue weighted by atomic mass is 19.2. The number of nitrogens with zero attached hydrogens (tertiary/aromatic N) is 5. The highest BCUT2D eigenvalue weighted by molar-refractivity contribution is 6.00. The second-order valence-electron chi connectivity index (χ2n) is 10.4. The number of aromatic nitrogens is 3. The summed E-state index contributed by atoms with van der Waals surface area (Å²) in [5.74, 6) is -1.86. The molecule has 2 aromatic carbocycles. The maximum absolute atomic E-state index is 15.2. The topological polar surface area (TPSA) is 74.5 Å². The van der Waals surface area contributed by atoms with E-state index in [0.29, 0.717) is 47.5 Å². The summed E-state index contributed by atoms with van der Waals surface area (Å²) in [6.07, 6.45) is 3.95. The van der Waals surface area contributed by atoms with Gasteiger partial charge in [-0.15, -0.1) is 0 Å². The molecule has 0 saturated carbocycles. The van der Waals surface area contributed by atoms with Crippen molar-refractivity contribution in [3.05, 3.63) is 72.4 Å². The van der Waals surface area contributed by atoms with Crippen LogP contribution < -0.4 is 4.90 Å². The van der Waals surface area contributed by atoms with E-state index < -0.39 is 11.6 Å². The summed E-state index contributed by atoms with van der Waals surface area (Å²) in [6, 6.07) is 9.62. The quantitative estimate of drug-likeness (QED) is 0.395. The first-order valence-electron chi connectivity index (χ1n) is 12.5. The van der Waals surface area contributed by atoms with E-state index in [1.54, 1.807) is 15.8 Å². The lowest BCUT2D eigenvalue weighted by atomic mass is 9.79. The molecule has 38 heavy (non-hydrogen) atoms. The molecule has 194 valence electrons. The molecule has 0 unspecified atom stereocenters. The molecule has 1 N–H and O–H groups in total. The number of amides is 1. The third-order valence-electron chi connectivity index (χ3n) is 7.88. The van der Waals surface area contributed by atoms with Crippen LogP contribution >= 0.6 is 0 Å². The van der Waals surface area contributed by atoms with E-state index in [1.165, 1.54) is 12.1 Å². The van der Waals surface area contributed by atoms with Crippen molar-refractivity contribution in [2.75, 3.05) is 31.1 Å². The van der Waals surface area contributed by atoms with E-state index in [-0.39, 0.29) is 22.6 Å². The second-order valence-corrected chi connectivity index (χ2v) is 10.4. The van der Waals surface area contributed by atoms with Gasteiger partial charge in [0, 0.05) is 78.5 Å². The first-order chi connectivity index (χ1) is 18.2. The van der Waals surface area contributed by atoms with Gasteiger partial charge in [0.1, 0.15) is 11.6 Å². The predicted molar refractivity (Wildman–Crippen MR) is 142 cm³/mol. The number of aromatic hydroxyl groups is 1. The minimum Gasteiger partial charge on any atom is -0.508 e. The number of likely N-dealkylation sites (tertiary alicyclic amines) is 1. The van der Waals surface area contributed by atoms with E-state index in [0.717, 1.165) is 30.3 Å². The van der Waals surface area contributed by atoms with Crippen LogP contribution in [0, 0.1) is 24.0 Å². The third-order valence-corrected chi connectivity index (χ3v) is 7.88. The van der Waals surface area contributed by atoms with Crippen molar-refractivity contribution in [1.82, 2.24) is 19.7 Å². The van der Waals surface area contributed by atoms with Gasteiger partial charge in [-0.3, -0.25) is 9.48 Å². The maximum Gasteiger partial charge on any atom is 0.245 e. The van der Waals surface area contributed by atoms with Gasteiger partial charge in [-0.1, -0.05) is 18.7 Å². The molecule has 0 atom stereocenters. The minimum atomic E-state index is -1.11. The lowest BCUT2D eigenvalue weighted by Gasteiger charge is -2.47. The summed E-state index contributed by atoms with van der Waals surface area (Å²) in [7, 11) is 1.85. The van der Waals surface area contributed by atoms with Crippen LogP contribution in [0.3, 0.4) is 0 Å². The van der Waals surface area contributed by atoms with E-state index in [1.807, 2.05) is 38.2 Å². The SMILES string of the molecule is C=CC(=O)N1CC2(CCN(c3nc4cc(-c5ccnn5C)ccc4c(-c4cc(O)cc(F)c4F)c3C)C2)C1. The Balaban J connectivity index is 1.50. The Hall–Kier alpha value is -4.27. The van der Waals surface area contributed by atoms with Gasteiger partial charge in [0.25, 0.3) is 0 Å². The molecule has 2 saturated heterocycles. The van der Waals surface area contributed by atoms with E-state index in [4.69, 9.17) is 4.98 Å². The Labute approximate surface area is 218 Å². The van der Waals surface area contributed by atoms with Gasteiger partial charge >= 0.3 is 0 Å². The van der Waals surface area contributed by atoms with Gasteiger partial charge in [0.15, 0.2) is 11.6 Å². The Morgan fingerprint density at radius 3 is 2.66 bits per heavy atom. The van der Waals surface area contributed by atoms with E-state index >= 15 is 4.39 Å². The number of hydrogen-bond donors (Lipinski definition) is 1. The molecule has 4 heterocycles. The molecule has 1 amide bonds. The number of rotatable bonds is 4. The maximum atomic E-state index is 15.2. The van der Waals surface area contributed by atoms with Gasteiger partial charge < -0.3 is 14.9 Å². The summed E-state index contributed by atoms with van der Waals surface area (Å²) in [4.78, 5) is 21.0. The fraction of sp³-hybridized carbons (Fsp3) is 0.276. The molecule has 9 heteroatoms. The molecular formula is C29H27F2N5O2. The van der Waals surface area contributed by atoms with Gasteiger partial charge in [-0.25, -0.2) is 13.8 Å². The molecular weight excluding hydrogens is 488 g/mol. The van der Waals surface area contributed by atoms with Crippen molar-refractivity contribution in [2.24, 2.45) is 12.5 Å². The minimum absolute atomic E-state index is 0.0118. The van der Waals surface area contributed by atoms with Gasteiger partial charge in [-0.05, 0) is 37.6 Å². The molecule has 2 fully saturated rings. The molecule has 1 spiro atoms. The van der Waals surface area contributed by atoms with Crippen molar-refractivity contribution in [3.63, 3.8) is 0 Å². The van der Waals surface area contributed by atoms with Gasteiger partial charge in [-0.2, -0.15) is 5.10 Å². The second kappa shape index (κ2) is 8.65. The van der Waals surface area contributed by atoms with Crippen LogP contribution in [0.2, 0.25) is 0 Å². The number of hydrogen-bond acceptors (Lipinski definition) is 5. The number of aryl methyl sites for hydroxylation is 1.